The van der Waals surface area contributed by atoms with Crippen molar-refractivity contribution in [3.63, 3.8) is 0 Å². The molecule has 11 heteroatoms. The van der Waals surface area contributed by atoms with Gasteiger partial charge in [-0.2, -0.15) is 0 Å². The van der Waals surface area contributed by atoms with Crippen molar-refractivity contribution in [3.8, 4) is 0 Å². The molecule has 2 rings (SSSR count). The molecule has 36 heavy (non-hydrogen) atoms. The topological polar surface area (TPSA) is 174 Å². The van der Waals surface area contributed by atoms with E-state index in [-0.39, 0.29) is 25.7 Å². The number of primary amides is 1. The minimum Gasteiger partial charge on any atom is -0.444 e. The summed E-state index contributed by atoms with van der Waals surface area (Å²) in [5.41, 5.74) is 11.1. The molecule has 0 spiro atoms. The van der Waals surface area contributed by atoms with E-state index in [1.165, 1.54) is 0 Å². The lowest BCUT2D eigenvalue weighted by molar-refractivity contribution is -0.153. The number of benzene rings is 1. The summed E-state index contributed by atoms with van der Waals surface area (Å²) in [4.78, 5) is 65.6. The minimum absolute atomic E-state index is 0.0721. The molecule has 1 fully saturated rings. The maximum Gasteiger partial charge on any atom is 0.408 e. The van der Waals surface area contributed by atoms with Crippen molar-refractivity contribution in [3.05, 3.63) is 35.9 Å². The van der Waals surface area contributed by atoms with E-state index in [4.69, 9.17) is 16.2 Å². The van der Waals surface area contributed by atoms with E-state index in [1.807, 2.05) is 6.07 Å². The van der Waals surface area contributed by atoms with Crippen molar-refractivity contribution in [1.82, 2.24) is 15.5 Å². The van der Waals surface area contributed by atoms with Crippen LogP contribution in [-0.4, -0.2) is 64.9 Å². The molecule has 1 saturated heterocycles. The highest BCUT2D eigenvalue weighted by Crippen LogP contribution is 2.18. The molecule has 1 aromatic carbocycles. The van der Waals surface area contributed by atoms with E-state index in [2.05, 4.69) is 10.6 Å². The van der Waals surface area contributed by atoms with Gasteiger partial charge in [0, 0.05) is 12.8 Å². The quantitative estimate of drug-likeness (QED) is 0.284. The van der Waals surface area contributed by atoms with Gasteiger partial charge in [0.05, 0.1) is 0 Å². The first-order valence-electron chi connectivity index (χ1n) is 12.1. The normalized spacial score (nSPS) is 20.0. The standard InChI is InChI=1S/C25H37N5O6/c1-25(2,3)36-24(35)29-17-12-13-20(31)30(19(21(27)32)11-7-8-14-26)23(34)18(28-22(17)33)15-16-9-5-4-6-10-16/h4-6,9-10,17-19H,7-8,11-15,26H2,1-3H3,(H2,27,32)(H,28,33)(H,29,35)/t17-,18-,19+/m1/s1. The maximum absolute atomic E-state index is 13.7. The van der Waals surface area contributed by atoms with Crippen LogP contribution in [0.15, 0.2) is 30.3 Å². The molecule has 0 aromatic heterocycles. The highest BCUT2D eigenvalue weighted by Gasteiger charge is 2.40. The molecule has 1 heterocycles. The van der Waals surface area contributed by atoms with Crippen molar-refractivity contribution in [1.29, 1.82) is 0 Å². The number of unbranched alkanes of at least 4 members (excludes halogenated alkanes) is 1. The summed E-state index contributed by atoms with van der Waals surface area (Å²) >= 11 is 0. The number of nitrogens with one attached hydrogen (secondary N) is 2. The number of carbonyl (C=O) groups excluding carboxylic acids is 5. The number of rotatable bonds is 9. The largest absolute Gasteiger partial charge is 0.444 e. The highest BCUT2D eigenvalue weighted by atomic mass is 16.6. The molecular weight excluding hydrogens is 466 g/mol. The number of alkyl carbamates (subject to hydrolysis) is 1. The third-order valence-corrected chi connectivity index (χ3v) is 5.63. The van der Waals surface area contributed by atoms with E-state index >= 15 is 0 Å². The number of nitrogens with zero attached hydrogens (tertiary/aromatic N) is 1. The Balaban J connectivity index is 2.39. The summed E-state index contributed by atoms with van der Waals surface area (Å²) in [6.07, 6.45) is 0.122. The monoisotopic (exact) mass is 503 g/mol. The van der Waals surface area contributed by atoms with Gasteiger partial charge in [0.15, 0.2) is 0 Å². The van der Waals surface area contributed by atoms with E-state index in [1.54, 1.807) is 45.0 Å². The molecule has 1 aromatic rings. The van der Waals surface area contributed by atoms with Gasteiger partial charge in [-0.15, -0.1) is 0 Å². The molecule has 0 bridgehead atoms. The fourth-order valence-electron chi connectivity index (χ4n) is 3.93. The highest BCUT2D eigenvalue weighted by molar-refractivity contribution is 6.04. The second-order valence-corrected chi connectivity index (χ2v) is 9.79. The average Bonchev–Trinajstić information content (AvgIpc) is 2.82. The predicted octanol–water partition coefficient (Wildman–Crippen LogP) is 0.739. The van der Waals surface area contributed by atoms with Crippen LogP contribution in [0.5, 0.6) is 0 Å². The Kier molecular flexibility index (Phi) is 10.4. The van der Waals surface area contributed by atoms with Gasteiger partial charge in [-0.1, -0.05) is 30.3 Å². The van der Waals surface area contributed by atoms with Crippen molar-refractivity contribution in [2.75, 3.05) is 6.54 Å². The van der Waals surface area contributed by atoms with Crippen LogP contribution in [-0.2, 0) is 30.3 Å². The van der Waals surface area contributed by atoms with Gasteiger partial charge < -0.3 is 26.8 Å². The first kappa shape index (κ1) is 28.8. The van der Waals surface area contributed by atoms with Crippen LogP contribution in [0.1, 0.15) is 58.4 Å². The number of amides is 5. The molecule has 0 unspecified atom stereocenters. The molecule has 6 N–H and O–H groups in total. The predicted molar refractivity (Wildman–Crippen MR) is 132 cm³/mol. The Morgan fingerprint density at radius 2 is 1.83 bits per heavy atom. The fraction of sp³-hybridized carbons (Fsp3) is 0.560. The number of ether oxygens (including phenoxy) is 1. The molecule has 3 atom stereocenters. The van der Waals surface area contributed by atoms with Crippen molar-refractivity contribution >= 4 is 29.7 Å². The van der Waals surface area contributed by atoms with Crippen LogP contribution in [0, 0.1) is 0 Å². The second-order valence-electron chi connectivity index (χ2n) is 9.79. The fourth-order valence-corrected chi connectivity index (χ4v) is 3.93. The van der Waals surface area contributed by atoms with E-state index in [0.717, 1.165) is 10.5 Å². The average molecular weight is 504 g/mol. The zero-order valence-electron chi connectivity index (χ0n) is 21.1. The molecule has 11 nitrogen and oxygen atoms in total. The lowest BCUT2D eigenvalue weighted by Crippen LogP contribution is -2.58. The number of nitrogens with two attached hydrogens (primary N) is 2. The third kappa shape index (κ3) is 8.63. The molecular formula is C25H37N5O6. The Bertz CT molecular complexity index is 946. The summed E-state index contributed by atoms with van der Waals surface area (Å²) in [6, 6.07) is 5.46. The summed E-state index contributed by atoms with van der Waals surface area (Å²) in [6.45, 7) is 5.43. The van der Waals surface area contributed by atoms with Gasteiger partial charge in [0.2, 0.25) is 17.7 Å². The molecule has 5 amide bonds. The maximum atomic E-state index is 13.7. The van der Waals surface area contributed by atoms with E-state index in [0.29, 0.717) is 19.4 Å². The Morgan fingerprint density at radius 1 is 1.17 bits per heavy atom. The minimum atomic E-state index is -1.18. The van der Waals surface area contributed by atoms with Gasteiger partial charge >= 0.3 is 6.09 Å². The lowest BCUT2D eigenvalue weighted by Gasteiger charge is -2.31. The molecule has 198 valence electrons. The number of hydrogen-bond donors (Lipinski definition) is 4. The Labute approximate surface area is 211 Å². The van der Waals surface area contributed by atoms with Crippen LogP contribution in [0.3, 0.4) is 0 Å². The van der Waals surface area contributed by atoms with E-state index in [9.17, 15) is 24.0 Å². The Morgan fingerprint density at radius 3 is 2.42 bits per heavy atom. The van der Waals surface area contributed by atoms with Crippen LogP contribution in [0.2, 0.25) is 0 Å². The molecule has 0 radical (unpaired) electrons. The van der Waals surface area contributed by atoms with Gasteiger partial charge in [-0.05, 0) is 58.6 Å². The molecule has 0 saturated carbocycles. The molecule has 1 aliphatic heterocycles. The summed E-state index contributed by atoms with van der Waals surface area (Å²) in [5, 5.41) is 5.15. The molecule has 1 aliphatic rings. The van der Waals surface area contributed by atoms with Crippen LogP contribution >= 0.6 is 0 Å². The zero-order valence-corrected chi connectivity index (χ0v) is 21.1. The van der Waals surface area contributed by atoms with Crippen molar-refractivity contribution in [2.24, 2.45) is 11.5 Å². The van der Waals surface area contributed by atoms with Crippen molar-refractivity contribution in [2.45, 2.75) is 83.0 Å². The van der Waals surface area contributed by atoms with Crippen LogP contribution < -0.4 is 22.1 Å². The molecule has 0 aliphatic carbocycles. The summed E-state index contributed by atoms with van der Waals surface area (Å²) < 4.78 is 5.24. The third-order valence-electron chi connectivity index (χ3n) is 5.63. The van der Waals surface area contributed by atoms with Crippen molar-refractivity contribution < 1.29 is 28.7 Å². The lowest BCUT2D eigenvalue weighted by atomic mass is 10.0. The summed E-state index contributed by atoms with van der Waals surface area (Å²) in [7, 11) is 0. The van der Waals surface area contributed by atoms with Gasteiger partial charge in [-0.3, -0.25) is 24.1 Å². The summed E-state index contributed by atoms with van der Waals surface area (Å²) in [5.74, 6) is -2.83. The Hall–Kier alpha value is -3.47. The van der Waals surface area contributed by atoms with Crippen LogP contribution in [0.4, 0.5) is 4.79 Å². The zero-order chi connectivity index (χ0) is 26.9. The van der Waals surface area contributed by atoms with Gasteiger partial charge in [-0.25, -0.2) is 4.79 Å². The van der Waals surface area contributed by atoms with E-state index < -0.39 is 53.4 Å². The van der Waals surface area contributed by atoms with Gasteiger partial charge in [0.1, 0.15) is 23.7 Å². The first-order chi connectivity index (χ1) is 16.9. The SMILES string of the molecule is CC(C)(C)OC(=O)N[C@@H]1CCC(=O)N([C@@H](CCCCN)C(N)=O)C(=O)[C@@H](Cc2ccccc2)NC1=O. The smallest absolute Gasteiger partial charge is 0.408 e. The van der Waals surface area contributed by atoms with Crippen LogP contribution in [0.25, 0.3) is 0 Å². The number of imide groups is 1. The number of hydrogen-bond acceptors (Lipinski definition) is 7. The van der Waals surface area contributed by atoms with Gasteiger partial charge in [0.25, 0.3) is 5.91 Å². The second kappa shape index (κ2) is 13.0. The first-order valence-corrected chi connectivity index (χ1v) is 12.1. The number of carbonyl (C=O) groups is 5.